The van der Waals surface area contributed by atoms with Gasteiger partial charge in [-0.15, -0.1) is 0 Å². The van der Waals surface area contributed by atoms with Gasteiger partial charge in [0.25, 0.3) is 0 Å². The van der Waals surface area contributed by atoms with E-state index in [9.17, 15) is 14.4 Å². The third-order valence-corrected chi connectivity index (χ3v) is 1.29. The van der Waals surface area contributed by atoms with Crippen LogP contribution in [0.2, 0.25) is 0 Å². The van der Waals surface area contributed by atoms with E-state index in [0.29, 0.717) is 0 Å². The van der Waals surface area contributed by atoms with Gasteiger partial charge in [-0.1, -0.05) is 0 Å². The molecule has 20 heteroatoms. The molecule has 19 nitrogen and oxygen atoms in total. The van der Waals surface area contributed by atoms with E-state index in [-0.39, 0.29) is 103 Å². The Morgan fingerprint density at radius 1 is 0.538 bits per heavy atom. The number of aliphatic hydroxyl groups is 1. The second kappa shape index (κ2) is 49.6. The van der Waals surface area contributed by atoms with Crippen LogP contribution < -0.4 is 0 Å². The quantitative estimate of drug-likeness (QED) is 0.292. The average molecular weight is 450 g/mol. The fourth-order valence-corrected chi connectivity index (χ4v) is 0.714. The van der Waals surface area contributed by atoms with Crippen molar-refractivity contribution in [3.05, 3.63) is 0 Å². The summed E-state index contributed by atoms with van der Waals surface area (Å²) in [6.07, 6.45) is -2.29. The van der Waals surface area contributed by atoms with Crippen LogP contribution in [0.1, 0.15) is 12.8 Å². The predicted molar refractivity (Wildman–Crippen MR) is 89.0 cm³/mol. The third kappa shape index (κ3) is 49.5. The van der Waals surface area contributed by atoms with Crippen LogP contribution in [0.4, 0.5) is 0 Å². The van der Waals surface area contributed by atoms with Crippen molar-refractivity contribution in [3.63, 3.8) is 0 Å². The van der Waals surface area contributed by atoms with Crippen molar-refractivity contribution in [2.45, 2.75) is 18.4 Å². The Hall–Kier alpha value is -0.850. The second-order valence-electron chi connectivity index (χ2n) is 2.48. The fraction of sp³-hybridized carbons (Fsp3) is 0.500. The fourth-order valence-electron chi connectivity index (χ4n) is 0.714. The number of hydrogen-bond donors (Lipinski definition) is 4. The van der Waals surface area contributed by atoms with E-state index in [1.807, 2.05) is 0 Å². The third-order valence-electron chi connectivity index (χ3n) is 1.29. The van der Waals surface area contributed by atoms with Crippen LogP contribution in [-0.4, -0.2) is 147 Å². The molecule has 0 saturated carbocycles. The van der Waals surface area contributed by atoms with Crippen molar-refractivity contribution in [3.8, 4) is 0 Å². The first-order valence-electron chi connectivity index (χ1n) is 3.17. The Kier molecular flexibility index (Phi) is 225. The molecule has 28 N–H and O–H groups in total. The molecule has 0 radical (unpaired) electrons. The van der Waals surface area contributed by atoms with Crippen molar-refractivity contribution in [2.75, 3.05) is 0 Å². The van der Waals surface area contributed by atoms with Gasteiger partial charge in [0.15, 0.2) is 5.60 Å². The Bertz CT molecular complexity index is 240. The molecule has 0 heterocycles. The van der Waals surface area contributed by atoms with Gasteiger partial charge in [-0.05, 0) is 0 Å². The molecule has 26 heavy (non-hydrogen) atoms. The molecule has 0 aliphatic rings. The first kappa shape index (κ1) is 118. The van der Waals surface area contributed by atoms with Crippen LogP contribution in [0.5, 0.6) is 0 Å². The molecule has 0 spiro atoms. The monoisotopic (exact) mass is 450 g/mol. The number of carbonyl (C=O) groups is 3. The summed E-state index contributed by atoms with van der Waals surface area (Å²) in [5.74, 6) is -5.02. The zero-order valence-electron chi connectivity index (χ0n) is 12.4. The summed E-state index contributed by atoms with van der Waals surface area (Å²) in [6, 6.07) is 0. The summed E-state index contributed by atoms with van der Waals surface area (Å²) < 4.78 is 0. The summed E-state index contributed by atoms with van der Waals surface area (Å²) in [6.45, 7) is 0. The van der Waals surface area contributed by atoms with Crippen LogP contribution in [0.25, 0.3) is 0 Å². The maximum absolute atomic E-state index is 10.3. The molecule has 0 unspecified atom stereocenters. The van der Waals surface area contributed by atoms with Crippen LogP contribution >= 0.6 is 0 Å². The average Bonchev–Trinajstić information content (AvgIpc) is 1.82. The first-order chi connectivity index (χ1) is 5.78. The molecule has 0 atom stereocenters. The molecule has 0 fully saturated rings. The topological polar surface area (TPSA) is 510 Å². The van der Waals surface area contributed by atoms with Gasteiger partial charge in [0.05, 0.1) is 12.8 Å². The number of hydrogen-bond acceptors (Lipinski definition) is 4. The number of aliphatic carboxylic acids is 3. The van der Waals surface area contributed by atoms with Crippen LogP contribution in [0.15, 0.2) is 0 Å². The minimum atomic E-state index is -2.74. The molecule has 0 rings (SSSR count). The maximum atomic E-state index is 10.3. The molecule has 0 aliphatic carbocycles. The molecular weight excluding hydrogens is 416 g/mol. The zero-order valence-corrected chi connectivity index (χ0v) is 12.4. The van der Waals surface area contributed by atoms with E-state index in [1.54, 1.807) is 0 Å². The van der Waals surface area contributed by atoms with E-state index < -0.39 is 36.4 Å². The molecule has 0 saturated heterocycles. The molecule has 0 aliphatic heterocycles. The minimum absolute atomic E-state index is 0. The molecule has 0 aromatic heterocycles. The summed E-state index contributed by atoms with van der Waals surface area (Å²) in [4.78, 5) is 30.5. The second-order valence-corrected chi connectivity index (χ2v) is 2.48. The number of rotatable bonds is 5. The van der Waals surface area contributed by atoms with Gasteiger partial charge in [0.2, 0.25) is 0 Å². The molecule has 174 valence electrons. The predicted octanol–water partition coefficient (Wildman–Crippen LogP) is -12.1. The number of carboxylic acids is 3. The summed E-state index contributed by atoms with van der Waals surface area (Å²) >= 11 is 0. The van der Waals surface area contributed by atoms with Crippen LogP contribution in [0, 0.1) is 0 Å². The van der Waals surface area contributed by atoms with Crippen molar-refractivity contribution in [1.82, 2.24) is 0 Å². The van der Waals surface area contributed by atoms with Gasteiger partial charge in [-0.2, -0.15) is 0 Å². The van der Waals surface area contributed by atoms with E-state index in [4.69, 9.17) is 20.4 Å². The summed E-state index contributed by atoms with van der Waals surface area (Å²) in [5.41, 5.74) is -2.74. The van der Waals surface area contributed by atoms with Crippen molar-refractivity contribution >= 4 is 55.6 Å². The van der Waals surface area contributed by atoms with Gasteiger partial charge in [0, 0.05) is 0 Å². The zero-order chi connectivity index (χ0) is 10.6. The van der Waals surface area contributed by atoms with E-state index in [1.165, 1.54) is 0 Å². The summed E-state index contributed by atoms with van der Waals surface area (Å²) in [7, 11) is 0. The Morgan fingerprint density at radius 2 is 0.692 bits per heavy atom. The van der Waals surface area contributed by atoms with Crippen molar-refractivity contribution in [2.24, 2.45) is 0 Å². The van der Waals surface area contributed by atoms with Gasteiger partial charge in [-0.25, -0.2) is 4.79 Å². The van der Waals surface area contributed by atoms with Crippen LogP contribution in [0.3, 0.4) is 0 Å². The molecule has 0 bridgehead atoms. The van der Waals surface area contributed by atoms with Crippen LogP contribution in [-0.2, 0) is 14.4 Å². The Labute approximate surface area is 174 Å². The SMILES string of the molecule is O.O.O.O.O.O.O.O.O.O.O.O.O=C(O)CC(O)(CC(=O)O)C(=O)O.[CaH2]. The van der Waals surface area contributed by atoms with Gasteiger partial charge >= 0.3 is 55.6 Å². The van der Waals surface area contributed by atoms with E-state index in [0.717, 1.165) is 0 Å². The standard InChI is InChI=1S/C6H8O7.Ca.12H2O.2H/c7-3(8)1-6(13,5(11)12)2-4(9)10;;;;;;;;;;;;;;;/h13H,1-2H2,(H,7,8)(H,9,10)(H,11,12);;12*1H2;;. The molecule has 0 amide bonds. The van der Waals surface area contributed by atoms with Gasteiger partial charge < -0.3 is 86.1 Å². The number of carboxylic acid groups (broad SMARTS) is 3. The molecule has 0 aromatic rings. The molecular formula is C6H34CaO19. The molecule has 0 aromatic carbocycles. The van der Waals surface area contributed by atoms with E-state index >= 15 is 0 Å². The first-order valence-corrected chi connectivity index (χ1v) is 3.17. The van der Waals surface area contributed by atoms with Gasteiger partial charge in [0.1, 0.15) is 0 Å². The Balaban J connectivity index is -0.00000000923. The summed E-state index contributed by atoms with van der Waals surface area (Å²) in [5, 5.41) is 33.8. The van der Waals surface area contributed by atoms with E-state index in [2.05, 4.69) is 0 Å². The van der Waals surface area contributed by atoms with Crippen molar-refractivity contribution < 1.29 is 101 Å². The van der Waals surface area contributed by atoms with Gasteiger partial charge in [-0.3, -0.25) is 9.59 Å². The van der Waals surface area contributed by atoms with Crippen molar-refractivity contribution in [1.29, 1.82) is 0 Å². The normalized spacial score (nSPS) is 5.42. The Morgan fingerprint density at radius 3 is 0.769 bits per heavy atom.